The molecule has 0 saturated heterocycles. The number of hydrogen-bond donors (Lipinski definition) is 0. The second-order valence-corrected chi connectivity index (χ2v) is 6.91. The Kier molecular flexibility index (Phi) is 5.13. The Morgan fingerprint density at radius 1 is 1.24 bits per heavy atom. The quantitative estimate of drug-likeness (QED) is 0.615. The average Bonchev–Trinajstić information content (AvgIpc) is 2.15. The summed E-state index contributed by atoms with van der Waals surface area (Å²) in [5.74, 6) is 0.188. The molecule has 0 aliphatic heterocycles. The Labute approximate surface area is 118 Å². The number of nitrogens with zero attached hydrogens (tertiary/aromatic N) is 1. The summed E-state index contributed by atoms with van der Waals surface area (Å²) in [6, 6.07) is 7.74. The van der Waals surface area contributed by atoms with E-state index in [1.54, 1.807) is 0 Å². The highest BCUT2D eigenvalue weighted by atomic mass is 127. The fraction of sp³-hybridized carbons (Fsp3) is 0.500. The summed E-state index contributed by atoms with van der Waals surface area (Å²) < 4.78 is 1.15. The van der Waals surface area contributed by atoms with Gasteiger partial charge in [0.25, 0.3) is 0 Å². The molecule has 0 unspecified atom stereocenters. The Bertz CT molecular complexity index is 378. The topological polar surface area (TPSA) is 20.3 Å². The number of carbonyl (C=O) groups excluding carboxylic acids is 1. The summed E-state index contributed by atoms with van der Waals surface area (Å²) in [5.41, 5.74) is 1.02. The van der Waals surface area contributed by atoms with Crippen LogP contribution in [0.25, 0.3) is 0 Å². The molecule has 1 rings (SSSR count). The van der Waals surface area contributed by atoms with Gasteiger partial charge >= 0.3 is 0 Å². The van der Waals surface area contributed by atoms with Crippen molar-refractivity contribution < 1.29 is 4.79 Å². The molecule has 0 atom stereocenters. The number of carbonyl (C=O) groups is 1. The van der Waals surface area contributed by atoms with Gasteiger partial charge < -0.3 is 0 Å². The van der Waals surface area contributed by atoms with Gasteiger partial charge in [-0.25, -0.2) is 0 Å². The molecule has 2 nitrogen and oxygen atoms in total. The van der Waals surface area contributed by atoms with Crippen LogP contribution < -0.4 is 0 Å². The molecule has 94 valence electrons. The number of hydrogen-bond acceptors (Lipinski definition) is 2. The number of likely N-dealkylation sites (N-methyl/N-ethyl adjacent to an activating group) is 1. The van der Waals surface area contributed by atoms with E-state index in [0.717, 1.165) is 15.7 Å². The zero-order chi connectivity index (χ0) is 13.1. The van der Waals surface area contributed by atoms with Gasteiger partial charge in [0.2, 0.25) is 0 Å². The lowest BCUT2D eigenvalue weighted by Gasteiger charge is -2.25. The second kappa shape index (κ2) is 5.96. The van der Waals surface area contributed by atoms with Gasteiger partial charge in [-0.3, -0.25) is 9.69 Å². The van der Waals surface area contributed by atoms with Crippen LogP contribution in [0.5, 0.6) is 0 Å². The summed E-state index contributed by atoms with van der Waals surface area (Å²) in [5, 5.41) is 0. The van der Waals surface area contributed by atoms with E-state index in [4.69, 9.17) is 0 Å². The van der Waals surface area contributed by atoms with E-state index < -0.39 is 0 Å². The minimum atomic E-state index is 0.188. The zero-order valence-electron chi connectivity index (χ0n) is 11.0. The van der Waals surface area contributed by atoms with E-state index in [1.807, 2.05) is 31.3 Å². The van der Waals surface area contributed by atoms with Crippen molar-refractivity contribution >= 4 is 28.4 Å². The van der Waals surface area contributed by atoms with Crippen molar-refractivity contribution in [2.45, 2.75) is 20.8 Å². The molecule has 1 aromatic carbocycles. The third kappa shape index (κ3) is 5.64. The van der Waals surface area contributed by atoms with Crippen LogP contribution in [0.3, 0.4) is 0 Å². The molecule has 3 heteroatoms. The molecule has 0 N–H and O–H groups in total. The van der Waals surface area contributed by atoms with Crippen LogP contribution >= 0.6 is 22.6 Å². The summed E-state index contributed by atoms with van der Waals surface area (Å²) in [6.07, 6.45) is 0. The third-order valence-corrected chi connectivity index (χ3v) is 3.04. The fourth-order valence-electron chi connectivity index (χ4n) is 1.84. The number of halogens is 1. The van der Waals surface area contributed by atoms with Gasteiger partial charge in [0, 0.05) is 15.7 Å². The van der Waals surface area contributed by atoms with E-state index in [1.165, 1.54) is 0 Å². The summed E-state index contributed by atoms with van der Waals surface area (Å²) in [4.78, 5) is 14.1. The van der Waals surface area contributed by atoms with Gasteiger partial charge in [0.1, 0.15) is 0 Å². The van der Waals surface area contributed by atoms with Crippen molar-refractivity contribution in [1.29, 1.82) is 0 Å². The first-order valence-electron chi connectivity index (χ1n) is 5.75. The van der Waals surface area contributed by atoms with Gasteiger partial charge in [0.05, 0.1) is 6.54 Å². The van der Waals surface area contributed by atoms with Crippen LogP contribution in [-0.2, 0) is 0 Å². The maximum Gasteiger partial charge on any atom is 0.176 e. The van der Waals surface area contributed by atoms with Crippen molar-refractivity contribution in [3.63, 3.8) is 0 Å². The summed E-state index contributed by atoms with van der Waals surface area (Å²) >= 11 is 2.24. The average molecular weight is 345 g/mol. The molecule has 17 heavy (non-hydrogen) atoms. The Morgan fingerprint density at radius 3 is 2.24 bits per heavy atom. The molecule has 0 aliphatic rings. The van der Waals surface area contributed by atoms with Crippen LogP contribution in [0.2, 0.25) is 0 Å². The largest absolute Gasteiger partial charge is 0.298 e. The Hall–Kier alpha value is -0.420. The molecular formula is C14H20INO. The van der Waals surface area contributed by atoms with E-state index in [0.29, 0.717) is 6.54 Å². The highest BCUT2D eigenvalue weighted by Gasteiger charge is 2.16. The first-order valence-corrected chi connectivity index (χ1v) is 6.83. The molecule has 0 amide bonds. The van der Waals surface area contributed by atoms with E-state index in [2.05, 4.69) is 48.3 Å². The SMILES string of the molecule is CN(CC(=O)c1ccc(I)cc1)CC(C)(C)C. The number of ketones is 1. The van der Waals surface area contributed by atoms with E-state index in [9.17, 15) is 4.79 Å². The molecule has 0 heterocycles. The minimum Gasteiger partial charge on any atom is -0.298 e. The van der Waals surface area contributed by atoms with Gasteiger partial charge in [-0.05, 0) is 47.2 Å². The van der Waals surface area contributed by atoms with Gasteiger partial charge in [-0.1, -0.05) is 32.9 Å². The molecule has 1 aromatic rings. The fourth-order valence-corrected chi connectivity index (χ4v) is 2.20. The van der Waals surface area contributed by atoms with Crippen LogP contribution in [0.1, 0.15) is 31.1 Å². The van der Waals surface area contributed by atoms with Crippen molar-refractivity contribution in [3.8, 4) is 0 Å². The lowest BCUT2D eigenvalue weighted by Crippen LogP contribution is -2.33. The van der Waals surface area contributed by atoms with Crippen molar-refractivity contribution in [2.75, 3.05) is 20.1 Å². The standard InChI is InChI=1S/C14H20INO/c1-14(2,3)10-16(4)9-13(17)11-5-7-12(15)8-6-11/h5-8H,9-10H2,1-4H3. The highest BCUT2D eigenvalue weighted by molar-refractivity contribution is 14.1. The monoisotopic (exact) mass is 345 g/mol. The van der Waals surface area contributed by atoms with E-state index in [-0.39, 0.29) is 11.2 Å². The molecule has 0 bridgehead atoms. The third-order valence-electron chi connectivity index (χ3n) is 2.32. The maximum atomic E-state index is 12.0. The minimum absolute atomic E-state index is 0.188. The van der Waals surface area contributed by atoms with Crippen LogP contribution in [0, 0.1) is 8.99 Å². The number of Topliss-reactive ketones (excluding diaryl/α,β-unsaturated/α-hetero) is 1. The van der Waals surface area contributed by atoms with Crippen LogP contribution in [0.15, 0.2) is 24.3 Å². The maximum absolute atomic E-state index is 12.0. The van der Waals surface area contributed by atoms with Crippen LogP contribution in [0.4, 0.5) is 0 Å². The summed E-state index contributed by atoms with van der Waals surface area (Å²) in [6.45, 7) is 7.94. The molecular weight excluding hydrogens is 325 g/mol. The number of benzene rings is 1. The first kappa shape index (κ1) is 14.6. The predicted molar refractivity (Wildman–Crippen MR) is 80.4 cm³/mol. The molecule has 0 aromatic heterocycles. The normalized spacial score (nSPS) is 11.9. The molecule has 0 radical (unpaired) electrons. The highest BCUT2D eigenvalue weighted by Crippen LogP contribution is 2.14. The first-order chi connectivity index (χ1) is 7.78. The Balaban J connectivity index is 2.57. The van der Waals surface area contributed by atoms with Gasteiger partial charge in [-0.2, -0.15) is 0 Å². The van der Waals surface area contributed by atoms with Crippen molar-refractivity contribution in [2.24, 2.45) is 5.41 Å². The molecule has 0 fully saturated rings. The van der Waals surface area contributed by atoms with Gasteiger partial charge in [-0.15, -0.1) is 0 Å². The molecule has 0 saturated carbocycles. The second-order valence-electron chi connectivity index (χ2n) is 5.66. The molecule has 0 spiro atoms. The van der Waals surface area contributed by atoms with Crippen LogP contribution in [-0.4, -0.2) is 30.8 Å². The van der Waals surface area contributed by atoms with Crippen molar-refractivity contribution in [3.05, 3.63) is 33.4 Å². The predicted octanol–water partition coefficient (Wildman–Crippen LogP) is 3.45. The van der Waals surface area contributed by atoms with E-state index >= 15 is 0 Å². The lowest BCUT2D eigenvalue weighted by atomic mass is 9.96. The van der Waals surface area contributed by atoms with Crippen molar-refractivity contribution in [1.82, 2.24) is 4.90 Å². The van der Waals surface area contributed by atoms with Gasteiger partial charge in [0.15, 0.2) is 5.78 Å². The summed E-state index contributed by atoms with van der Waals surface area (Å²) in [7, 11) is 2.00. The Morgan fingerprint density at radius 2 is 1.76 bits per heavy atom. The molecule has 0 aliphatic carbocycles. The zero-order valence-corrected chi connectivity index (χ0v) is 13.1. The number of rotatable bonds is 4. The lowest BCUT2D eigenvalue weighted by molar-refractivity contribution is 0.0927. The smallest absolute Gasteiger partial charge is 0.176 e.